The zero-order chi connectivity index (χ0) is 13.3. The summed E-state index contributed by atoms with van der Waals surface area (Å²) in [5.74, 6) is 0. The van der Waals surface area contributed by atoms with Crippen LogP contribution in [0.5, 0.6) is 0 Å². The quantitative estimate of drug-likeness (QED) is 0.872. The van der Waals surface area contributed by atoms with Gasteiger partial charge in [0, 0.05) is 12.1 Å². The molecule has 1 aromatic rings. The third-order valence-corrected chi connectivity index (χ3v) is 4.64. The second kappa shape index (κ2) is 5.88. The summed E-state index contributed by atoms with van der Waals surface area (Å²) >= 11 is 0. The molecule has 3 N–H and O–H groups in total. The van der Waals surface area contributed by atoms with Crippen molar-refractivity contribution >= 4 is 22.4 Å². The molecule has 0 unspecified atom stereocenters. The second-order valence-corrected chi connectivity index (χ2v) is 6.35. The summed E-state index contributed by atoms with van der Waals surface area (Å²) in [5.41, 5.74) is 6.76. The number of nitrogens with zero attached hydrogens (tertiary/aromatic N) is 1. The SMILES string of the molecule is Cc1cc(S(=O)(=O)NC2CC(N)C2)ccc1C#N.Cl. The molecule has 2 rings (SSSR count). The molecule has 1 aliphatic rings. The molecule has 0 atom stereocenters. The molecule has 1 saturated carbocycles. The van der Waals surface area contributed by atoms with Crippen molar-refractivity contribution in [1.82, 2.24) is 4.72 Å². The van der Waals surface area contributed by atoms with E-state index in [-0.39, 0.29) is 29.4 Å². The van der Waals surface area contributed by atoms with E-state index in [0.29, 0.717) is 24.0 Å². The van der Waals surface area contributed by atoms with E-state index in [1.165, 1.54) is 18.2 Å². The van der Waals surface area contributed by atoms with Gasteiger partial charge in [0.2, 0.25) is 10.0 Å². The molecule has 104 valence electrons. The third-order valence-electron chi connectivity index (χ3n) is 3.12. The molecule has 0 aliphatic heterocycles. The molecule has 1 fully saturated rings. The van der Waals surface area contributed by atoms with E-state index in [1.54, 1.807) is 6.92 Å². The first kappa shape index (κ1) is 15.9. The molecule has 0 saturated heterocycles. The summed E-state index contributed by atoms with van der Waals surface area (Å²) in [6.07, 6.45) is 1.35. The maximum Gasteiger partial charge on any atom is 0.240 e. The molecule has 0 amide bonds. The number of halogens is 1. The van der Waals surface area contributed by atoms with Gasteiger partial charge in [-0.05, 0) is 43.5 Å². The molecule has 19 heavy (non-hydrogen) atoms. The first-order valence-corrected chi connectivity index (χ1v) is 7.19. The predicted molar refractivity (Wildman–Crippen MR) is 74.5 cm³/mol. The van der Waals surface area contributed by atoms with Crippen molar-refractivity contribution in [1.29, 1.82) is 5.26 Å². The van der Waals surface area contributed by atoms with E-state index in [9.17, 15) is 8.42 Å². The Hall–Kier alpha value is -1.13. The number of hydrogen-bond donors (Lipinski definition) is 2. The Balaban J connectivity index is 0.00000180. The van der Waals surface area contributed by atoms with Gasteiger partial charge in [-0.2, -0.15) is 5.26 Å². The van der Waals surface area contributed by atoms with E-state index >= 15 is 0 Å². The topological polar surface area (TPSA) is 96.0 Å². The lowest BCUT2D eigenvalue weighted by atomic mass is 9.89. The van der Waals surface area contributed by atoms with E-state index in [4.69, 9.17) is 11.0 Å². The van der Waals surface area contributed by atoms with Gasteiger partial charge in [0.25, 0.3) is 0 Å². The fourth-order valence-electron chi connectivity index (χ4n) is 1.97. The molecule has 7 heteroatoms. The van der Waals surface area contributed by atoms with Crippen LogP contribution in [0, 0.1) is 18.3 Å². The smallest absolute Gasteiger partial charge is 0.240 e. The first-order chi connectivity index (χ1) is 8.42. The summed E-state index contributed by atoms with van der Waals surface area (Å²) in [5, 5.41) is 8.80. The summed E-state index contributed by atoms with van der Waals surface area (Å²) in [7, 11) is -3.51. The van der Waals surface area contributed by atoms with Gasteiger partial charge in [-0.3, -0.25) is 0 Å². The van der Waals surface area contributed by atoms with Crippen LogP contribution >= 0.6 is 12.4 Å². The Bertz CT molecular complexity index is 604. The Morgan fingerprint density at radius 1 is 1.42 bits per heavy atom. The zero-order valence-corrected chi connectivity index (χ0v) is 12.1. The average Bonchev–Trinajstić information content (AvgIpc) is 2.26. The van der Waals surface area contributed by atoms with E-state index < -0.39 is 10.0 Å². The van der Waals surface area contributed by atoms with Crippen LogP contribution in [0.25, 0.3) is 0 Å². The summed E-state index contributed by atoms with van der Waals surface area (Å²) < 4.78 is 26.7. The van der Waals surface area contributed by atoms with Crippen LogP contribution in [0.4, 0.5) is 0 Å². The molecule has 5 nitrogen and oxygen atoms in total. The number of benzene rings is 1. The lowest BCUT2D eigenvalue weighted by Crippen LogP contribution is -2.50. The van der Waals surface area contributed by atoms with Crippen LogP contribution in [0.3, 0.4) is 0 Å². The number of nitrogens with two attached hydrogens (primary N) is 1. The fraction of sp³-hybridized carbons (Fsp3) is 0.417. The minimum absolute atomic E-state index is 0. The number of nitrogens with one attached hydrogen (secondary N) is 1. The van der Waals surface area contributed by atoms with E-state index in [2.05, 4.69) is 4.72 Å². The molecule has 0 aromatic heterocycles. The number of aryl methyl sites for hydroxylation is 1. The minimum Gasteiger partial charge on any atom is -0.328 e. The standard InChI is InChI=1S/C12H15N3O2S.ClH/c1-8-4-12(3-2-9(8)7-13)18(16,17)15-11-5-10(14)6-11;/h2-4,10-11,15H,5-6,14H2,1H3;1H. The van der Waals surface area contributed by atoms with Crippen molar-refractivity contribution in [2.45, 2.75) is 36.7 Å². The highest BCUT2D eigenvalue weighted by atomic mass is 35.5. The van der Waals surface area contributed by atoms with Gasteiger partial charge in [0.05, 0.1) is 16.5 Å². The van der Waals surface area contributed by atoms with Gasteiger partial charge in [-0.1, -0.05) is 0 Å². The highest BCUT2D eigenvalue weighted by molar-refractivity contribution is 7.89. The summed E-state index contributed by atoms with van der Waals surface area (Å²) in [6.45, 7) is 1.72. The van der Waals surface area contributed by atoms with Crippen molar-refractivity contribution in [3.05, 3.63) is 29.3 Å². The molecule has 0 spiro atoms. The number of sulfonamides is 1. The van der Waals surface area contributed by atoms with Gasteiger partial charge < -0.3 is 5.73 Å². The zero-order valence-electron chi connectivity index (χ0n) is 10.5. The van der Waals surface area contributed by atoms with Crippen molar-refractivity contribution in [3.63, 3.8) is 0 Å². The number of rotatable bonds is 3. The van der Waals surface area contributed by atoms with Crippen molar-refractivity contribution < 1.29 is 8.42 Å². The molecule has 1 aromatic carbocycles. The van der Waals surface area contributed by atoms with Gasteiger partial charge in [-0.25, -0.2) is 13.1 Å². The van der Waals surface area contributed by atoms with Gasteiger partial charge in [0.15, 0.2) is 0 Å². The summed E-state index contributed by atoms with van der Waals surface area (Å²) in [4.78, 5) is 0.194. The summed E-state index contributed by atoms with van der Waals surface area (Å²) in [6, 6.07) is 6.53. The second-order valence-electron chi connectivity index (χ2n) is 4.64. The van der Waals surface area contributed by atoms with Crippen LogP contribution in [0.1, 0.15) is 24.0 Å². The van der Waals surface area contributed by atoms with Crippen molar-refractivity contribution in [3.8, 4) is 6.07 Å². The Morgan fingerprint density at radius 3 is 2.53 bits per heavy atom. The van der Waals surface area contributed by atoms with Gasteiger partial charge in [-0.15, -0.1) is 12.4 Å². The molecular formula is C12H16ClN3O2S. The van der Waals surface area contributed by atoms with Crippen LogP contribution < -0.4 is 10.5 Å². The van der Waals surface area contributed by atoms with E-state index in [1.807, 2.05) is 6.07 Å². The maximum absolute atomic E-state index is 12.1. The van der Waals surface area contributed by atoms with Gasteiger partial charge >= 0.3 is 0 Å². The Morgan fingerprint density at radius 2 is 2.05 bits per heavy atom. The highest BCUT2D eigenvalue weighted by Crippen LogP contribution is 2.21. The van der Waals surface area contributed by atoms with Crippen LogP contribution in [0.2, 0.25) is 0 Å². The average molecular weight is 302 g/mol. The Kier molecular flexibility index (Phi) is 4.93. The highest BCUT2D eigenvalue weighted by Gasteiger charge is 2.30. The van der Waals surface area contributed by atoms with Gasteiger partial charge in [0.1, 0.15) is 0 Å². The number of nitriles is 1. The van der Waals surface area contributed by atoms with Crippen LogP contribution in [0.15, 0.2) is 23.1 Å². The normalized spacial score (nSPS) is 21.9. The maximum atomic E-state index is 12.1. The number of hydrogen-bond acceptors (Lipinski definition) is 4. The minimum atomic E-state index is -3.51. The largest absolute Gasteiger partial charge is 0.328 e. The van der Waals surface area contributed by atoms with Crippen LogP contribution in [-0.2, 0) is 10.0 Å². The fourth-order valence-corrected chi connectivity index (χ4v) is 3.32. The van der Waals surface area contributed by atoms with Crippen molar-refractivity contribution in [2.24, 2.45) is 5.73 Å². The van der Waals surface area contributed by atoms with Crippen molar-refractivity contribution in [2.75, 3.05) is 0 Å². The van der Waals surface area contributed by atoms with Crippen LogP contribution in [-0.4, -0.2) is 20.5 Å². The molecular weight excluding hydrogens is 286 g/mol. The molecule has 0 bridgehead atoms. The predicted octanol–water partition coefficient (Wildman–Crippen LogP) is 1.06. The third kappa shape index (κ3) is 3.45. The monoisotopic (exact) mass is 301 g/mol. The Labute approximate surface area is 119 Å². The lowest BCUT2D eigenvalue weighted by Gasteiger charge is -2.32. The lowest BCUT2D eigenvalue weighted by molar-refractivity contribution is 0.327. The van der Waals surface area contributed by atoms with E-state index in [0.717, 1.165) is 0 Å². The first-order valence-electron chi connectivity index (χ1n) is 5.71. The molecule has 0 radical (unpaired) electrons. The molecule has 0 heterocycles. The molecule has 1 aliphatic carbocycles.